The third-order valence-corrected chi connectivity index (χ3v) is 3.85. The molecule has 24 heavy (non-hydrogen) atoms. The molecule has 6 nitrogen and oxygen atoms in total. The molecule has 3 aromatic rings. The van der Waals surface area contributed by atoms with Gasteiger partial charge in [0.05, 0.1) is 10.7 Å². The molecule has 0 aromatic carbocycles. The number of rotatable bonds is 3. The number of alkyl halides is 3. The Morgan fingerprint density at radius 2 is 2.00 bits per heavy atom. The van der Waals surface area contributed by atoms with Crippen LogP contribution in [0.15, 0.2) is 28.8 Å². The van der Waals surface area contributed by atoms with Crippen molar-refractivity contribution in [3.8, 4) is 11.6 Å². The maximum Gasteiger partial charge on any atom is 0.436 e. The Bertz CT molecular complexity index is 859. The lowest BCUT2D eigenvalue weighted by Gasteiger charge is -2.09. The zero-order valence-corrected chi connectivity index (χ0v) is 13.3. The van der Waals surface area contributed by atoms with E-state index in [9.17, 15) is 13.2 Å². The third kappa shape index (κ3) is 2.86. The van der Waals surface area contributed by atoms with Gasteiger partial charge in [-0.05, 0) is 26.0 Å². The summed E-state index contributed by atoms with van der Waals surface area (Å²) in [6.07, 6.45) is -3.07. The van der Waals surface area contributed by atoms with Gasteiger partial charge in [-0.25, -0.2) is 0 Å². The molecule has 0 aliphatic rings. The Labute approximate surface area is 139 Å². The fourth-order valence-corrected chi connectivity index (χ4v) is 2.39. The highest BCUT2D eigenvalue weighted by Crippen LogP contribution is 2.36. The van der Waals surface area contributed by atoms with E-state index < -0.39 is 22.9 Å². The van der Waals surface area contributed by atoms with Gasteiger partial charge in [0.2, 0.25) is 5.89 Å². The van der Waals surface area contributed by atoms with E-state index in [-0.39, 0.29) is 17.5 Å². The van der Waals surface area contributed by atoms with Crippen LogP contribution in [-0.4, -0.2) is 25.0 Å². The Morgan fingerprint density at radius 1 is 1.25 bits per heavy atom. The van der Waals surface area contributed by atoms with Gasteiger partial charge in [0.15, 0.2) is 5.69 Å². The summed E-state index contributed by atoms with van der Waals surface area (Å²) in [6, 6.07) is 4.45. The Hall–Kier alpha value is -2.42. The summed E-state index contributed by atoms with van der Waals surface area (Å²) >= 11 is 5.75. The minimum absolute atomic E-state index is 0.103. The van der Waals surface area contributed by atoms with Crippen LogP contribution in [0.5, 0.6) is 0 Å². The topological polar surface area (TPSA) is 69.6 Å². The van der Waals surface area contributed by atoms with Gasteiger partial charge in [0.1, 0.15) is 11.7 Å². The predicted molar refractivity (Wildman–Crippen MR) is 78.3 cm³/mol. The molecular weight excluding hydrogens is 347 g/mol. The van der Waals surface area contributed by atoms with Gasteiger partial charge in [0.25, 0.3) is 5.89 Å². The first-order valence-electron chi connectivity index (χ1n) is 6.85. The van der Waals surface area contributed by atoms with Crippen molar-refractivity contribution in [2.24, 2.45) is 0 Å². The molecule has 10 heteroatoms. The van der Waals surface area contributed by atoms with E-state index in [4.69, 9.17) is 16.0 Å². The fraction of sp³-hybridized carbons (Fsp3) is 0.286. The molecule has 3 aromatic heterocycles. The van der Waals surface area contributed by atoms with Crippen molar-refractivity contribution in [3.05, 3.63) is 46.7 Å². The first-order chi connectivity index (χ1) is 11.3. The third-order valence-electron chi connectivity index (χ3n) is 3.39. The van der Waals surface area contributed by atoms with E-state index in [0.717, 1.165) is 4.68 Å². The molecule has 3 heterocycles. The first kappa shape index (κ1) is 16.4. The van der Waals surface area contributed by atoms with Crippen molar-refractivity contribution in [3.63, 3.8) is 0 Å². The van der Waals surface area contributed by atoms with Crippen LogP contribution in [-0.2, 0) is 6.18 Å². The van der Waals surface area contributed by atoms with Crippen molar-refractivity contribution in [1.82, 2.24) is 25.0 Å². The van der Waals surface area contributed by atoms with Gasteiger partial charge in [-0.1, -0.05) is 17.7 Å². The van der Waals surface area contributed by atoms with E-state index in [2.05, 4.69) is 20.3 Å². The molecule has 0 saturated carbocycles. The normalized spacial score (nSPS) is 13.2. The van der Waals surface area contributed by atoms with Crippen LogP contribution in [0.4, 0.5) is 13.2 Å². The number of hydrogen-bond donors (Lipinski definition) is 0. The molecule has 0 bridgehead atoms. The largest absolute Gasteiger partial charge is 0.436 e. The summed E-state index contributed by atoms with van der Waals surface area (Å²) < 4.78 is 45.4. The van der Waals surface area contributed by atoms with Gasteiger partial charge < -0.3 is 4.42 Å². The average Bonchev–Trinajstić information content (AvgIpc) is 3.14. The maximum absolute atomic E-state index is 12.9. The maximum atomic E-state index is 12.9. The molecule has 0 aliphatic carbocycles. The highest BCUT2D eigenvalue weighted by atomic mass is 35.5. The highest BCUT2D eigenvalue weighted by Gasteiger charge is 2.39. The molecule has 0 radical (unpaired) electrons. The Kier molecular flexibility index (Phi) is 4.04. The lowest BCUT2D eigenvalue weighted by Crippen LogP contribution is -2.13. The SMILES string of the molecule is Cc1c(Cl)c(C(F)(F)F)nn1C(C)c1nnc(-c2ccccn2)o1. The van der Waals surface area contributed by atoms with Crippen LogP contribution in [0.3, 0.4) is 0 Å². The zero-order chi connectivity index (χ0) is 17.5. The number of hydrogen-bond acceptors (Lipinski definition) is 5. The predicted octanol–water partition coefficient (Wildman–Crippen LogP) is 3.92. The first-order valence-corrected chi connectivity index (χ1v) is 7.23. The van der Waals surface area contributed by atoms with Crippen LogP contribution >= 0.6 is 11.6 Å². The second kappa shape index (κ2) is 5.90. The molecule has 126 valence electrons. The van der Waals surface area contributed by atoms with Gasteiger partial charge in [0, 0.05) is 6.20 Å². The van der Waals surface area contributed by atoms with Crippen molar-refractivity contribution in [1.29, 1.82) is 0 Å². The van der Waals surface area contributed by atoms with Crippen molar-refractivity contribution in [2.75, 3.05) is 0 Å². The highest BCUT2D eigenvalue weighted by molar-refractivity contribution is 6.31. The van der Waals surface area contributed by atoms with Gasteiger partial charge in [-0.15, -0.1) is 10.2 Å². The fourth-order valence-electron chi connectivity index (χ4n) is 2.16. The summed E-state index contributed by atoms with van der Waals surface area (Å²) in [7, 11) is 0. The second-order valence-electron chi connectivity index (χ2n) is 5.03. The summed E-state index contributed by atoms with van der Waals surface area (Å²) in [4.78, 5) is 4.07. The van der Waals surface area contributed by atoms with Gasteiger partial charge in [-0.3, -0.25) is 9.67 Å². The minimum Gasteiger partial charge on any atom is -0.417 e. The zero-order valence-electron chi connectivity index (χ0n) is 12.5. The van der Waals surface area contributed by atoms with E-state index in [1.807, 2.05) is 0 Å². The summed E-state index contributed by atoms with van der Waals surface area (Å²) in [5.74, 6) is 0.274. The van der Waals surface area contributed by atoms with Crippen LogP contribution in [0.2, 0.25) is 5.02 Å². The molecule has 0 spiro atoms. The second-order valence-corrected chi connectivity index (χ2v) is 5.40. The Balaban J connectivity index is 1.96. The minimum atomic E-state index is -4.64. The van der Waals surface area contributed by atoms with Crippen LogP contribution in [0.25, 0.3) is 11.6 Å². The molecule has 0 saturated heterocycles. The van der Waals surface area contributed by atoms with E-state index in [0.29, 0.717) is 5.69 Å². The van der Waals surface area contributed by atoms with Gasteiger partial charge >= 0.3 is 6.18 Å². The molecular formula is C14H11ClF3N5O. The molecule has 1 unspecified atom stereocenters. The quantitative estimate of drug-likeness (QED) is 0.710. The van der Waals surface area contributed by atoms with Crippen molar-refractivity contribution < 1.29 is 17.6 Å². The molecule has 0 N–H and O–H groups in total. The van der Waals surface area contributed by atoms with Crippen molar-refractivity contribution in [2.45, 2.75) is 26.1 Å². The number of pyridine rings is 1. The number of nitrogens with zero attached hydrogens (tertiary/aromatic N) is 5. The smallest absolute Gasteiger partial charge is 0.417 e. The summed E-state index contributed by atoms with van der Waals surface area (Å²) in [5.41, 5.74) is -0.512. The molecule has 1 atom stereocenters. The molecule has 3 rings (SSSR count). The average molecular weight is 358 g/mol. The molecule has 0 aliphatic heterocycles. The monoisotopic (exact) mass is 357 g/mol. The van der Waals surface area contributed by atoms with E-state index >= 15 is 0 Å². The lowest BCUT2D eigenvalue weighted by molar-refractivity contribution is -0.141. The van der Waals surface area contributed by atoms with Gasteiger partial charge in [-0.2, -0.15) is 18.3 Å². The lowest BCUT2D eigenvalue weighted by atomic mass is 10.3. The van der Waals surface area contributed by atoms with E-state index in [1.54, 1.807) is 31.3 Å². The van der Waals surface area contributed by atoms with Crippen LogP contribution in [0.1, 0.15) is 30.2 Å². The molecule has 0 amide bonds. The van der Waals surface area contributed by atoms with Crippen LogP contribution in [0, 0.1) is 6.92 Å². The summed E-state index contributed by atoms with van der Waals surface area (Å²) in [6.45, 7) is 3.03. The summed E-state index contributed by atoms with van der Waals surface area (Å²) in [5, 5.41) is 10.8. The Morgan fingerprint density at radius 3 is 2.58 bits per heavy atom. The van der Waals surface area contributed by atoms with Crippen LogP contribution < -0.4 is 0 Å². The number of aromatic nitrogens is 5. The van der Waals surface area contributed by atoms with Crippen molar-refractivity contribution >= 4 is 11.6 Å². The molecule has 0 fully saturated rings. The standard InChI is InChI=1S/C14H11ClF3N5O/c1-7-10(15)11(14(16,17)18)22-23(7)8(2)12-20-21-13(24-12)9-5-3-4-6-19-9/h3-6,8H,1-2H3. The van der Waals surface area contributed by atoms with E-state index in [1.165, 1.54) is 6.92 Å². The number of halogens is 4.